The third kappa shape index (κ3) is 4.21. The van der Waals surface area contributed by atoms with Crippen LogP contribution in [0, 0.1) is 0 Å². The first-order valence-electron chi connectivity index (χ1n) is 1.82. The molecular formula is C3H6BBrO. The average Bonchev–Trinajstić information content (AvgIpc) is 1.35. The summed E-state index contributed by atoms with van der Waals surface area (Å²) in [4.78, 5) is 10.0. The Hall–Kier alpha value is 0.215. The van der Waals surface area contributed by atoms with Gasteiger partial charge in [-0.3, -0.25) is 0 Å². The summed E-state index contributed by atoms with van der Waals surface area (Å²) in [5, 5.41) is 0.794. The van der Waals surface area contributed by atoms with Gasteiger partial charge in [-0.05, 0) is 12.2 Å². The van der Waals surface area contributed by atoms with E-state index in [1.54, 1.807) is 6.92 Å². The normalized spacial score (nSPS) is 7.67. The molecule has 0 spiro atoms. The lowest BCUT2D eigenvalue weighted by atomic mass is 9.78. The minimum absolute atomic E-state index is 0.242. The van der Waals surface area contributed by atoms with Crippen molar-refractivity contribution in [1.82, 2.24) is 0 Å². The number of rotatable bonds is 2. The van der Waals surface area contributed by atoms with Crippen molar-refractivity contribution in [3.63, 3.8) is 0 Å². The molecule has 0 N–H and O–H groups in total. The van der Waals surface area contributed by atoms with Crippen LogP contribution in [-0.4, -0.2) is 18.2 Å². The van der Waals surface area contributed by atoms with E-state index in [0.717, 1.165) is 5.23 Å². The zero-order chi connectivity index (χ0) is 4.99. The predicted octanol–water partition coefficient (Wildman–Crippen LogP) is 0.322. The van der Waals surface area contributed by atoms with Gasteiger partial charge >= 0.3 is 0 Å². The molecule has 0 aromatic heterocycles. The van der Waals surface area contributed by atoms with Crippen molar-refractivity contribution in [2.45, 2.75) is 6.92 Å². The van der Waals surface area contributed by atoms with E-state index in [4.69, 9.17) is 0 Å². The van der Waals surface area contributed by atoms with Crippen molar-refractivity contribution in [2.75, 3.05) is 5.23 Å². The molecule has 0 saturated heterocycles. The number of carbonyl (C=O) groups excluding carboxylic acids is 1. The molecule has 0 aliphatic heterocycles. The van der Waals surface area contributed by atoms with Gasteiger partial charge in [-0.25, -0.2) is 0 Å². The van der Waals surface area contributed by atoms with Crippen molar-refractivity contribution in [3.8, 4) is 0 Å². The molecule has 0 heterocycles. The standard InChI is InChI=1S/C3H6BBrO/c1-3(6)4-2-5/h4H,2H2,1H3. The van der Waals surface area contributed by atoms with Crippen molar-refractivity contribution < 1.29 is 4.79 Å². The Bertz CT molecular complexity index is 54.8. The van der Waals surface area contributed by atoms with Gasteiger partial charge in [-0.1, -0.05) is 0 Å². The molecule has 34 valence electrons. The molecule has 0 radical (unpaired) electrons. The largest absolute Gasteiger partial charge is 0.312 e. The van der Waals surface area contributed by atoms with Crippen molar-refractivity contribution in [3.05, 3.63) is 0 Å². The molecule has 0 amide bonds. The van der Waals surface area contributed by atoms with E-state index in [9.17, 15) is 4.79 Å². The Morgan fingerprint density at radius 1 is 2.00 bits per heavy atom. The lowest BCUT2D eigenvalue weighted by molar-refractivity contribution is -0.110. The lowest BCUT2D eigenvalue weighted by Crippen LogP contribution is -2.03. The zero-order valence-electron chi connectivity index (χ0n) is 3.70. The summed E-state index contributed by atoms with van der Waals surface area (Å²) < 4.78 is 0. The summed E-state index contributed by atoms with van der Waals surface area (Å²) in [5.41, 5.74) is 0.242. The van der Waals surface area contributed by atoms with Gasteiger partial charge in [0.15, 0.2) is 0 Å². The highest BCUT2D eigenvalue weighted by Crippen LogP contribution is 1.74. The zero-order valence-corrected chi connectivity index (χ0v) is 5.29. The highest BCUT2D eigenvalue weighted by atomic mass is 79.9. The molecule has 0 fully saturated rings. The Labute approximate surface area is 46.5 Å². The molecule has 0 aliphatic rings. The maximum absolute atomic E-state index is 10.0. The van der Waals surface area contributed by atoms with Crippen LogP contribution in [0.1, 0.15) is 6.92 Å². The summed E-state index contributed by atoms with van der Waals surface area (Å²) >= 11 is 3.13. The molecule has 0 unspecified atom stereocenters. The first-order chi connectivity index (χ1) is 2.77. The van der Waals surface area contributed by atoms with Gasteiger partial charge in [0, 0.05) is 0 Å². The number of alkyl halides is 1. The molecule has 0 rings (SSSR count). The summed E-state index contributed by atoms with van der Waals surface area (Å²) in [6.07, 6.45) is 0. The van der Waals surface area contributed by atoms with Gasteiger partial charge in [0.25, 0.3) is 0 Å². The van der Waals surface area contributed by atoms with Crippen molar-refractivity contribution >= 4 is 28.9 Å². The summed E-state index contributed by atoms with van der Waals surface area (Å²) in [6.45, 7) is 1.58. The van der Waals surface area contributed by atoms with Crippen LogP contribution in [0.25, 0.3) is 0 Å². The number of hydrogen-bond acceptors (Lipinski definition) is 1. The maximum atomic E-state index is 10.0. The van der Waals surface area contributed by atoms with Gasteiger partial charge in [0.1, 0.15) is 0 Å². The Morgan fingerprint density at radius 3 is 2.50 bits per heavy atom. The predicted molar refractivity (Wildman–Crippen MR) is 31.6 cm³/mol. The molecule has 6 heavy (non-hydrogen) atoms. The van der Waals surface area contributed by atoms with E-state index in [-0.39, 0.29) is 5.68 Å². The quantitative estimate of drug-likeness (QED) is 0.408. The maximum Gasteiger partial charge on any atom is 0.215 e. The molecule has 0 aromatic carbocycles. The molecule has 0 saturated carbocycles. The first kappa shape index (κ1) is 6.21. The van der Waals surface area contributed by atoms with Crippen LogP contribution >= 0.6 is 15.9 Å². The first-order valence-corrected chi connectivity index (χ1v) is 2.95. The highest BCUT2D eigenvalue weighted by Gasteiger charge is 1.89. The lowest BCUT2D eigenvalue weighted by Gasteiger charge is -1.75. The van der Waals surface area contributed by atoms with Gasteiger partial charge in [-0.2, -0.15) is 0 Å². The molecule has 3 heteroatoms. The van der Waals surface area contributed by atoms with E-state index >= 15 is 0 Å². The molecule has 0 atom stereocenters. The third-order valence-corrected chi connectivity index (χ3v) is 0.843. The van der Waals surface area contributed by atoms with E-state index in [1.807, 2.05) is 0 Å². The highest BCUT2D eigenvalue weighted by molar-refractivity contribution is 9.09. The minimum atomic E-state index is 0.242. The summed E-state index contributed by atoms with van der Waals surface area (Å²) in [6, 6.07) is 0. The van der Waals surface area contributed by atoms with E-state index in [1.165, 1.54) is 0 Å². The topological polar surface area (TPSA) is 17.1 Å². The van der Waals surface area contributed by atoms with Crippen LogP contribution < -0.4 is 0 Å². The van der Waals surface area contributed by atoms with Gasteiger partial charge in [-0.15, -0.1) is 15.9 Å². The molecule has 0 aliphatic carbocycles. The average molecular weight is 149 g/mol. The van der Waals surface area contributed by atoms with Crippen LogP contribution in [0.4, 0.5) is 0 Å². The van der Waals surface area contributed by atoms with E-state index < -0.39 is 0 Å². The molecule has 0 bridgehead atoms. The fourth-order valence-electron chi connectivity index (χ4n) is 0.133. The SMILES string of the molecule is CC(=O)BCBr. The Balaban J connectivity index is 2.83. The number of halogens is 1. The van der Waals surface area contributed by atoms with Gasteiger partial charge < -0.3 is 4.79 Å². The van der Waals surface area contributed by atoms with Crippen LogP contribution in [0.3, 0.4) is 0 Å². The Morgan fingerprint density at radius 2 is 2.50 bits per heavy atom. The van der Waals surface area contributed by atoms with Crippen molar-refractivity contribution in [2.24, 2.45) is 0 Å². The summed E-state index contributed by atoms with van der Waals surface area (Å²) in [7, 11) is 0.653. The second-order valence-electron chi connectivity index (χ2n) is 1.14. The second kappa shape index (κ2) is 3.41. The third-order valence-electron chi connectivity index (χ3n) is 0.447. The summed E-state index contributed by atoms with van der Waals surface area (Å²) in [5.74, 6) is 0. The van der Waals surface area contributed by atoms with E-state index in [2.05, 4.69) is 15.9 Å². The molecular weight excluding hydrogens is 143 g/mol. The fourth-order valence-corrected chi connectivity index (χ4v) is 0.691. The monoisotopic (exact) mass is 148 g/mol. The van der Waals surface area contributed by atoms with Crippen LogP contribution in [0.2, 0.25) is 0 Å². The smallest absolute Gasteiger partial charge is 0.215 e. The molecule has 1 nitrogen and oxygen atoms in total. The van der Waals surface area contributed by atoms with E-state index in [0.29, 0.717) is 7.28 Å². The van der Waals surface area contributed by atoms with Gasteiger partial charge in [0.05, 0.1) is 5.68 Å². The minimum Gasteiger partial charge on any atom is -0.312 e. The molecule has 0 aromatic rings. The second-order valence-corrected chi connectivity index (χ2v) is 1.93. The van der Waals surface area contributed by atoms with Crippen LogP contribution in [0.15, 0.2) is 0 Å². The van der Waals surface area contributed by atoms with Crippen LogP contribution in [0.5, 0.6) is 0 Å². The number of carbonyl (C=O) groups is 1. The fraction of sp³-hybridized carbons (Fsp3) is 0.667. The number of hydrogen-bond donors (Lipinski definition) is 0. The Kier molecular flexibility index (Phi) is 3.53. The van der Waals surface area contributed by atoms with Gasteiger partial charge in [0.2, 0.25) is 7.28 Å². The van der Waals surface area contributed by atoms with Crippen molar-refractivity contribution in [1.29, 1.82) is 0 Å². The van der Waals surface area contributed by atoms with Crippen LogP contribution in [-0.2, 0) is 4.79 Å².